The van der Waals surface area contributed by atoms with Gasteiger partial charge in [-0.3, -0.25) is 4.55 Å². The molecule has 0 unspecified atom stereocenters. The lowest BCUT2D eigenvalue weighted by molar-refractivity contribution is 0.482. The monoisotopic (exact) mass is 298 g/mol. The molecule has 0 fully saturated rings. The van der Waals surface area contributed by atoms with Crippen molar-refractivity contribution in [2.75, 3.05) is 0 Å². The SMILES string of the molecule is Cc1cc(C)c(S(=O)(=O)Cl)cc1CS(=O)(=O)O. The molecule has 8 heteroatoms. The van der Waals surface area contributed by atoms with E-state index in [0.29, 0.717) is 11.1 Å². The zero-order valence-electron chi connectivity index (χ0n) is 9.14. The van der Waals surface area contributed by atoms with Crippen LogP contribution in [0.5, 0.6) is 0 Å². The predicted molar refractivity (Wildman–Crippen MR) is 64.2 cm³/mol. The Hall–Kier alpha value is -0.630. The highest BCUT2D eigenvalue weighted by Gasteiger charge is 2.18. The fourth-order valence-corrected chi connectivity index (χ4v) is 3.42. The van der Waals surface area contributed by atoms with E-state index in [1.54, 1.807) is 13.8 Å². The predicted octanol–water partition coefficient (Wildman–Crippen LogP) is 1.62. The van der Waals surface area contributed by atoms with Gasteiger partial charge in [0.1, 0.15) is 5.75 Å². The molecule has 0 saturated carbocycles. The van der Waals surface area contributed by atoms with E-state index in [-0.39, 0.29) is 10.5 Å². The van der Waals surface area contributed by atoms with Gasteiger partial charge in [-0.25, -0.2) is 8.42 Å². The van der Waals surface area contributed by atoms with Crippen molar-refractivity contribution in [3.8, 4) is 0 Å². The zero-order chi connectivity index (χ0) is 13.4. The Morgan fingerprint density at radius 3 is 2.06 bits per heavy atom. The minimum Gasteiger partial charge on any atom is -0.285 e. The van der Waals surface area contributed by atoms with E-state index in [9.17, 15) is 16.8 Å². The van der Waals surface area contributed by atoms with Crippen LogP contribution in [0.4, 0.5) is 0 Å². The first-order valence-corrected chi connectivity index (χ1v) is 8.42. The van der Waals surface area contributed by atoms with Crippen molar-refractivity contribution in [3.05, 3.63) is 28.8 Å². The molecule has 17 heavy (non-hydrogen) atoms. The van der Waals surface area contributed by atoms with Crippen LogP contribution in [-0.2, 0) is 24.9 Å². The molecule has 0 amide bonds. The van der Waals surface area contributed by atoms with Crippen molar-refractivity contribution in [2.45, 2.75) is 24.5 Å². The van der Waals surface area contributed by atoms with Crippen LogP contribution in [0.1, 0.15) is 16.7 Å². The van der Waals surface area contributed by atoms with Crippen LogP contribution in [0.15, 0.2) is 17.0 Å². The normalized spacial score (nSPS) is 12.7. The largest absolute Gasteiger partial charge is 0.285 e. The van der Waals surface area contributed by atoms with Crippen molar-refractivity contribution < 1.29 is 21.4 Å². The van der Waals surface area contributed by atoms with E-state index in [2.05, 4.69) is 0 Å². The maximum Gasteiger partial charge on any atom is 0.269 e. The number of benzene rings is 1. The summed E-state index contributed by atoms with van der Waals surface area (Å²) in [5, 5.41) is 0. The lowest BCUT2D eigenvalue weighted by Crippen LogP contribution is -2.06. The molecule has 0 aromatic heterocycles. The fourth-order valence-electron chi connectivity index (χ4n) is 1.49. The van der Waals surface area contributed by atoms with E-state index >= 15 is 0 Å². The van der Waals surface area contributed by atoms with Gasteiger partial charge in [-0.15, -0.1) is 0 Å². The summed E-state index contributed by atoms with van der Waals surface area (Å²) >= 11 is 0. The van der Waals surface area contributed by atoms with Crippen LogP contribution in [0.3, 0.4) is 0 Å². The van der Waals surface area contributed by atoms with Crippen LogP contribution >= 0.6 is 10.7 Å². The van der Waals surface area contributed by atoms with Gasteiger partial charge in [0.25, 0.3) is 19.2 Å². The molecule has 0 aliphatic carbocycles. The fraction of sp³-hybridized carbons (Fsp3) is 0.333. The first-order chi connectivity index (χ1) is 7.50. The number of rotatable bonds is 3. The molecule has 0 bridgehead atoms. The lowest BCUT2D eigenvalue weighted by Gasteiger charge is -2.09. The zero-order valence-corrected chi connectivity index (χ0v) is 11.5. The molecule has 0 radical (unpaired) electrons. The lowest BCUT2D eigenvalue weighted by atomic mass is 10.1. The Kier molecular flexibility index (Phi) is 3.87. The van der Waals surface area contributed by atoms with Gasteiger partial charge in [0, 0.05) is 10.7 Å². The second-order valence-electron chi connectivity index (χ2n) is 3.71. The van der Waals surface area contributed by atoms with E-state index in [0.717, 1.165) is 0 Å². The smallest absolute Gasteiger partial charge is 0.269 e. The second-order valence-corrected chi connectivity index (χ2v) is 7.70. The Labute approximate surface area is 105 Å². The van der Waals surface area contributed by atoms with Crippen molar-refractivity contribution in [3.63, 3.8) is 0 Å². The van der Waals surface area contributed by atoms with Gasteiger partial charge >= 0.3 is 0 Å². The summed E-state index contributed by atoms with van der Waals surface area (Å²) in [6.07, 6.45) is 0. The molecule has 1 aromatic rings. The molecule has 1 aromatic carbocycles. The topological polar surface area (TPSA) is 88.5 Å². The third kappa shape index (κ3) is 3.95. The maximum absolute atomic E-state index is 11.2. The van der Waals surface area contributed by atoms with Gasteiger partial charge < -0.3 is 0 Å². The summed E-state index contributed by atoms with van der Waals surface area (Å²) in [5.41, 5.74) is 1.21. The van der Waals surface area contributed by atoms with E-state index in [1.807, 2.05) is 0 Å². The standard InChI is InChI=1S/C9H11ClO5S2/c1-6-3-7(2)9(17(10,14)15)4-8(6)5-16(11,12)13/h3-4H,5H2,1-2H3,(H,11,12,13). The Morgan fingerprint density at radius 1 is 1.12 bits per heavy atom. The van der Waals surface area contributed by atoms with Gasteiger partial charge in [-0.05, 0) is 36.6 Å². The van der Waals surface area contributed by atoms with E-state index in [4.69, 9.17) is 15.2 Å². The number of hydrogen-bond donors (Lipinski definition) is 1. The van der Waals surface area contributed by atoms with Crippen molar-refractivity contribution in [1.82, 2.24) is 0 Å². The molecule has 0 atom stereocenters. The molecular formula is C9H11ClO5S2. The van der Waals surface area contributed by atoms with E-state index < -0.39 is 24.9 Å². The highest BCUT2D eigenvalue weighted by atomic mass is 35.7. The Morgan fingerprint density at radius 2 is 1.65 bits per heavy atom. The van der Waals surface area contributed by atoms with Crippen molar-refractivity contribution in [2.24, 2.45) is 0 Å². The Bertz CT molecular complexity index is 646. The summed E-state index contributed by atoms with van der Waals surface area (Å²) in [6, 6.07) is 2.68. The summed E-state index contributed by atoms with van der Waals surface area (Å²) in [4.78, 5) is -0.150. The average Bonchev–Trinajstić information content (AvgIpc) is 2.05. The molecule has 5 nitrogen and oxygen atoms in total. The second kappa shape index (κ2) is 4.56. The molecule has 0 aliphatic rings. The number of hydrogen-bond acceptors (Lipinski definition) is 4. The van der Waals surface area contributed by atoms with Crippen LogP contribution in [-0.4, -0.2) is 21.4 Å². The Balaban J connectivity index is 3.45. The molecular weight excluding hydrogens is 288 g/mol. The molecule has 0 spiro atoms. The van der Waals surface area contributed by atoms with E-state index in [1.165, 1.54) is 12.1 Å². The van der Waals surface area contributed by atoms with Crippen LogP contribution in [0.2, 0.25) is 0 Å². The molecule has 1 N–H and O–H groups in total. The third-order valence-electron chi connectivity index (χ3n) is 2.23. The number of halogens is 1. The average molecular weight is 299 g/mol. The summed E-state index contributed by atoms with van der Waals surface area (Å²) < 4.78 is 52.8. The molecule has 1 rings (SSSR count). The third-order valence-corrected chi connectivity index (χ3v) is 4.37. The summed E-state index contributed by atoms with van der Waals surface area (Å²) in [6.45, 7) is 3.18. The highest BCUT2D eigenvalue weighted by molar-refractivity contribution is 8.13. The molecule has 0 saturated heterocycles. The minimum atomic E-state index is -4.21. The van der Waals surface area contributed by atoms with Crippen LogP contribution in [0, 0.1) is 13.8 Å². The summed E-state index contributed by atoms with van der Waals surface area (Å²) in [5.74, 6) is -0.640. The van der Waals surface area contributed by atoms with Crippen molar-refractivity contribution >= 4 is 29.9 Å². The first-order valence-electron chi connectivity index (χ1n) is 4.50. The van der Waals surface area contributed by atoms with Gasteiger partial charge in [-0.1, -0.05) is 6.07 Å². The van der Waals surface area contributed by atoms with Gasteiger partial charge in [0.15, 0.2) is 0 Å². The van der Waals surface area contributed by atoms with Crippen molar-refractivity contribution in [1.29, 1.82) is 0 Å². The quantitative estimate of drug-likeness (QED) is 0.676. The molecule has 96 valence electrons. The van der Waals surface area contributed by atoms with Gasteiger partial charge in [-0.2, -0.15) is 8.42 Å². The maximum atomic E-state index is 11.2. The molecule has 0 heterocycles. The van der Waals surface area contributed by atoms with Gasteiger partial charge in [0.05, 0.1) is 4.90 Å². The van der Waals surface area contributed by atoms with Crippen LogP contribution < -0.4 is 0 Å². The minimum absolute atomic E-state index is 0.150. The first kappa shape index (κ1) is 14.4. The van der Waals surface area contributed by atoms with Gasteiger partial charge in [0.2, 0.25) is 0 Å². The highest BCUT2D eigenvalue weighted by Crippen LogP contribution is 2.24. The van der Waals surface area contributed by atoms with Crippen LogP contribution in [0.25, 0.3) is 0 Å². The number of aryl methyl sites for hydroxylation is 2. The summed E-state index contributed by atoms with van der Waals surface area (Å²) in [7, 11) is -2.93. The molecule has 0 aliphatic heterocycles.